The van der Waals surface area contributed by atoms with Crippen molar-refractivity contribution in [2.75, 3.05) is 13.1 Å². The van der Waals surface area contributed by atoms with Crippen molar-refractivity contribution in [2.45, 2.75) is 45.1 Å². The molecule has 0 bridgehead atoms. The summed E-state index contributed by atoms with van der Waals surface area (Å²) in [6, 6.07) is 0.984. The van der Waals surface area contributed by atoms with Gasteiger partial charge in [-0.1, -0.05) is 13.3 Å². The van der Waals surface area contributed by atoms with Crippen LogP contribution in [0.1, 0.15) is 39.0 Å². The van der Waals surface area contributed by atoms with Gasteiger partial charge in [-0.25, -0.2) is 0 Å². The second kappa shape index (κ2) is 3.14. The van der Waals surface area contributed by atoms with Crippen LogP contribution in [0, 0.1) is 5.92 Å². The van der Waals surface area contributed by atoms with Gasteiger partial charge < -0.3 is 4.90 Å². The molecule has 2 aliphatic rings. The highest BCUT2D eigenvalue weighted by Crippen LogP contribution is 2.28. The van der Waals surface area contributed by atoms with E-state index in [1.54, 1.807) is 0 Å². The van der Waals surface area contributed by atoms with Crippen molar-refractivity contribution < 1.29 is 0 Å². The van der Waals surface area contributed by atoms with Gasteiger partial charge >= 0.3 is 0 Å². The molecule has 1 saturated carbocycles. The van der Waals surface area contributed by atoms with Crippen molar-refractivity contribution in [1.82, 2.24) is 4.90 Å². The second-order valence-electron chi connectivity index (χ2n) is 4.33. The summed E-state index contributed by atoms with van der Waals surface area (Å²) in [5, 5.41) is 0. The van der Waals surface area contributed by atoms with E-state index < -0.39 is 0 Å². The van der Waals surface area contributed by atoms with E-state index in [-0.39, 0.29) is 0 Å². The minimum absolute atomic E-state index is 0.962. The zero-order valence-corrected chi connectivity index (χ0v) is 7.55. The molecule has 0 N–H and O–H groups in total. The number of piperidine rings is 1. The van der Waals surface area contributed by atoms with Crippen LogP contribution in [0.5, 0.6) is 0 Å². The van der Waals surface area contributed by atoms with E-state index in [0.717, 1.165) is 12.0 Å². The average Bonchev–Trinajstić information content (AvgIpc) is 1.83. The molecule has 1 nitrogen and oxygen atoms in total. The van der Waals surface area contributed by atoms with Gasteiger partial charge in [-0.2, -0.15) is 0 Å². The van der Waals surface area contributed by atoms with E-state index >= 15 is 0 Å². The molecule has 2 fully saturated rings. The third kappa shape index (κ3) is 1.58. The topological polar surface area (TPSA) is 3.24 Å². The Morgan fingerprint density at radius 1 is 1.09 bits per heavy atom. The van der Waals surface area contributed by atoms with Gasteiger partial charge in [0.25, 0.3) is 0 Å². The standard InChI is InChI=1S/C10H19N/c1-9-4-3-7-11(8-9)10-5-2-6-10/h9-10H,2-8H2,1H3/t9-/m0/s1. The first-order valence-electron chi connectivity index (χ1n) is 5.10. The number of hydrogen-bond donors (Lipinski definition) is 0. The molecule has 1 heterocycles. The molecule has 0 aromatic carbocycles. The molecule has 2 rings (SSSR count). The monoisotopic (exact) mass is 153 g/mol. The summed E-state index contributed by atoms with van der Waals surface area (Å²) in [5.41, 5.74) is 0. The molecule has 1 saturated heterocycles. The number of nitrogens with zero attached hydrogens (tertiary/aromatic N) is 1. The third-order valence-corrected chi connectivity index (χ3v) is 3.28. The molecule has 0 radical (unpaired) electrons. The first kappa shape index (κ1) is 7.60. The molecule has 1 aliphatic heterocycles. The largest absolute Gasteiger partial charge is 0.300 e. The Morgan fingerprint density at radius 3 is 2.45 bits per heavy atom. The lowest BCUT2D eigenvalue weighted by atomic mass is 9.88. The number of likely N-dealkylation sites (tertiary alicyclic amines) is 1. The van der Waals surface area contributed by atoms with Crippen LogP contribution in [-0.2, 0) is 0 Å². The molecule has 64 valence electrons. The zero-order valence-electron chi connectivity index (χ0n) is 7.55. The fourth-order valence-electron chi connectivity index (χ4n) is 2.31. The van der Waals surface area contributed by atoms with Gasteiger partial charge in [0.15, 0.2) is 0 Å². The maximum atomic E-state index is 2.72. The van der Waals surface area contributed by atoms with Gasteiger partial charge in [0.1, 0.15) is 0 Å². The maximum Gasteiger partial charge on any atom is 0.00953 e. The number of hydrogen-bond acceptors (Lipinski definition) is 1. The Hall–Kier alpha value is -0.0400. The molecule has 0 spiro atoms. The van der Waals surface area contributed by atoms with Crippen LogP contribution >= 0.6 is 0 Å². The Labute approximate surface area is 69.8 Å². The molecule has 1 atom stereocenters. The van der Waals surface area contributed by atoms with Crippen molar-refractivity contribution in [2.24, 2.45) is 5.92 Å². The Morgan fingerprint density at radius 2 is 1.91 bits per heavy atom. The minimum atomic E-state index is 0.962. The van der Waals surface area contributed by atoms with E-state index in [4.69, 9.17) is 0 Å². The van der Waals surface area contributed by atoms with Gasteiger partial charge in [-0.05, 0) is 38.1 Å². The predicted octanol–water partition coefficient (Wildman–Crippen LogP) is 2.27. The van der Waals surface area contributed by atoms with E-state index in [2.05, 4.69) is 11.8 Å². The summed E-state index contributed by atoms with van der Waals surface area (Å²) in [5.74, 6) is 0.962. The molecule has 11 heavy (non-hydrogen) atoms. The summed E-state index contributed by atoms with van der Waals surface area (Å²) in [4.78, 5) is 2.72. The highest BCUT2D eigenvalue weighted by Gasteiger charge is 2.27. The zero-order chi connectivity index (χ0) is 7.68. The molecule has 0 aromatic rings. The lowest BCUT2D eigenvalue weighted by Crippen LogP contribution is -2.45. The van der Waals surface area contributed by atoms with Crippen LogP contribution in [0.25, 0.3) is 0 Å². The SMILES string of the molecule is C[C@H]1CCCN(C2CCC2)C1. The first-order chi connectivity index (χ1) is 5.36. The highest BCUT2D eigenvalue weighted by atomic mass is 15.2. The Balaban J connectivity index is 1.82. The Kier molecular flexibility index (Phi) is 2.17. The second-order valence-corrected chi connectivity index (χ2v) is 4.33. The van der Waals surface area contributed by atoms with Crippen molar-refractivity contribution in [1.29, 1.82) is 0 Å². The van der Waals surface area contributed by atoms with Crippen LogP contribution in [0.15, 0.2) is 0 Å². The van der Waals surface area contributed by atoms with Crippen molar-refractivity contribution in [3.05, 3.63) is 0 Å². The lowest BCUT2D eigenvalue weighted by Gasteiger charge is -2.41. The molecule has 0 aromatic heterocycles. The van der Waals surface area contributed by atoms with E-state index in [9.17, 15) is 0 Å². The predicted molar refractivity (Wildman–Crippen MR) is 47.6 cm³/mol. The fraction of sp³-hybridized carbons (Fsp3) is 1.00. The summed E-state index contributed by atoms with van der Waals surface area (Å²) >= 11 is 0. The average molecular weight is 153 g/mol. The minimum Gasteiger partial charge on any atom is -0.300 e. The van der Waals surface area contributed by atoms with Crippen molar-refractivity contribution in [3.63, 3.8) is 0 Å². The van der Waals surface area contributed by atoms with Crippen molar-refractivity contribution >= 4 is 0 Å². The highest BCUT2D eigenvalue weighted by molar-refractivity contribution is 4.83. The molecule has 1 heteroatoms. The van der Waals surface area contributed by atoms with Gasteiger partial charge in [0.2, 0.25) is 0 Å². The summed E-state index contributed by atoms with van der Waals surface area (Å²) < 4.78 is 0. The van der Waals surface area contributed by atoms with E-state index in [1.165, 1.54) is 45.2 Å². The van der Waals surface area contributed by atoms with Gasteiger partial charge in [0, 0.05) is 12.6 Å². The van der Waals surface area contributed by atoms with Crippen LogP contribution in [-0.4, -0.2) is 24.0 Å². The van der Waals surface area contributed by atoms with Crippen LogP contribution < -0.4 is 0 Å². The van der Waals surface area contributed by atoms with Gasteiger partial charge in [0.05, 0.1) is 0 Å². The molecular weight excluding hydrogens is 134 g/mol. The normalized spacial score (nSPS) is 35.2. The summed E-state index contributed by atoms with van der Waals surface area (Å²) in [6.45, 7) is 5.16. The summed E-state index contributed by atoms with van der Waals surface area (Å²) in [6.07, 6.45) is 7.34. The van der Waals surface area contributed by atoms with Gasteiger partial charge in [-0.15, -0.1) is 0 Å². The van der Waals surface area contributed by atoms with Crippen LogP contribution in [0.2, 0.25) is 0 Å². The van der Waals surface area contributed by atoms with Crippen LogP contribution in [0.4, 0.5) is 0 Å². The Bertz CT molecular complexity index is 129. The first-order valence-corrected chi connectivity index (χ1v) is 5.10. The maximum absolute atomic E-state index is 2.72. The van der Waals surface area contributed by atoms with E-state index in [1.807, 2.05) is 0 Å². The smallest absolute Gasteiger partial charge is 0.00953 e. The van der Waals surface area contributed by atoms with Gasteiger partial charge in [-0.3, -0.25) is 0 Å². The number of rotatable bonds is 1. The van der Waals surface area contributed by atoms with E-state index in [0.29, 0.717) is 0 Å². The van der Waals surface area contributed by atoms with Crippen LogP contribution in [0.3, 0.4) is 0 Å². The third-order valence-electron chi connectivity index (χ3n) is 3.28. The lowest BCUT2D eigenvalue weighted by molar-refractivity contribution is 0.0817. The fourth-order valence-corrected chi connectivity index (χ4v) is 2.31. The molecule has 1 aliphatic carbocycles. The summed E-state index contributed by atoms with van der Waals surface area (Å²) in [7, 11) is 0. The molecular formula is C10H19N. The van der Waals surface area contributed by atoms with Crippen molar-refractivity contribution in [3.8, 4) is 0 Å². The molecule has 0 unspecified atom stereocenters. The molecule has 0 amide bonds. The quantitative estimate of drug-likeness (QED) is 0.558.